The largest absolute Gasteiger partial charge is 0.339 e. The third kappa shape index (κ3) is 2.93. The molecule has 0 unspecified atom stereocenters. The molecule has 0 radical (unpaired) electrons. The van der Waals surface area contributed by atoms with Crippen LogP contribution < -0.4 is 0 Å². The van der Waals surface area contributed by atoms with Gasteiger partial charge in [-0.15, -0.1) is 0 Å². The maximum Gasteiger partial charge on any atom is 0.226 e. The molecule has 3 atom stereocenters. The minimum atomic E-state index is -0.191. The molecule has 4 heteroatoms. The van der Waals surface area contributed by atoms with Gasteiger partial charge in [0.2, 0.25) is 5.91 Å². The zero-order valence-electron chi connectivity index (χ0n) is 14.1. The Kier molecular flexibility index (Phi) is 4.28. The van der Waals surface area contributed by atoms with Crippen molar-refractivity contribution in [2.24, 2.45) is 17.8 Å². The molecule has 2 saturated carbocycles. The molecule has 1 saturated heterocycles. The molecule has 4 nitrogen and oxygen atoms in total. The number of hydrogen-bond acceptors (Lipinski definition) is 3. The van der Waals surface area contributed by atoms with Crippen molar-refractivity contribution in [2.75, 3.05) is 19.6 Å². The van der Waals surface area contributed by atoms with Gasteiger partial charge in [-0.05, 0) is 30.2 Å². The molecule has 1 heterocycles. The lowest BCUT2D eigenvalue weighted by Gasteiger charge is -2.38. The van der Waals surface area contributed by atoms with Crippen LogP contribution in [-0.4, -0.2) is 41.4 Å². The van der Waals surface area contributed by atoms with Crippen LogP contribution in [0.1, 0.15) is 31.2 Å². The van der Waals surface area contributed by atoms with Crippen molar-refractivity contribution in [1.82, 2.24) is 9.80 Å². The summed E-state index contributed by atoms with van der Waals surface area (Å²) in [4.78, 5) is 17.0. The first-order chi connectivity index (χ1) is 11.8. The topological polar surface area (TPSA) is 47.3 Å². The summed E-state index contributed by atoms with van der Waals surface area (Å²) in [5.74, 6) is 1.89. The van der Waals surface area contributed by atoms with Gasteiger partial charge in [-0.3, -0.25) is 9.69 Å². The monoisotopic (exact) mass is 323 g/mol. The molecule has 1 amide bonds. The molecule has 24 heavy (non-hydrogen) atoms. The van der Waals surface area contributed by atoms with Crippen LogP contribution in [-0.2, 0) is 11.3 Å². The Hall–Kier alpha value is -1.86. The van der Waals surface area contributed by atoms with Gasteiger partial charge in [-0.25, -0.2) is 0 Å². The average Bonchev–Trinajstić information content (AvgIpc) is 3.36. The van der Waals surface area contributed by atoms with Gasteiger partial charge in [-0.2, -0.15) is 5.26 Å². The van der Waals surface area contributed by atoms with E-state index in [-0.39, 0.29) is 12.0 Å². The number of fused-ring (bicyclic) bond motifs is 1. The van der Waals surface area contributed by atoms with E-state index < -0.39 is 0 Å². The Morgan fingerprint density at radius 2 is 1.83 bits per heavy atom. The lowest BCUT2D eigenvalue weighted by molar-refractivity contribution is -0.135. The maximum atomic E-state index is 12.9. The van der Waals surface area contributed by atoms with Crippen molar-refractivity contribution in [3.63, 3.8) is 0 Å². The number of benzene rings is 1. The zero-order chi connectivity index (χ0) is 16.5. The number of hydrogen-bond donors (Lipinski definition) is 0. The van der Waals surface area contributed by atoms with Gasteiger partial charge in [0.05, 0.1) is 6.07 Å². The van der Waals surface area contributed by atoms with E-state index in [4.69, 9.17) is 0 Å². The third-order valence-corrected chi connectivity index (χ3v) is 6.12. The predicted molar refractivity (Wildman–Crippen MR) is 91.8 cm³/mol. The Morgan fingerprint density at radius 3 is 2.50 bits per heavy atom. The fourth-order valence-electron chi connectivity index (χ4n) is 4.72. The van der Waals surface area contributed by atoms with Crippen LogP contribution in [0.3, 0.4) is 0 Å². The molecular weight excluding hydrogens is 298 g/mol. The van der Waals surface area contributed by atoms with Gasteiger partial charge in [0.1, 0.15) is 6.04 Å². The van der Waals surface area contributed by atoms with Gasteiger partial charge in [0.25, 0.3) is 0 Å². The van der Waals surface area contributed by atoms with Gasteiger partial charge in [0.15, 0.2) is 0 Å². The Labute approximate surface area is 144 Å². The molecular formula is C20H25N3O. The van der Waals surface area contributed by atoms with Crippen LogP contribution in [0.25, 0.3) is 0 Å². The van der Waals surface area contributed by atoms with Crippen molar-refractivity contribution >= 4 is 5.91 Å². The van der Waals surface area contributed by atoms with Gasteiger partial charge in [-0.1, -0.05) is 43.2 Å². The summed E-state index contributed by atoms with van der Waals surface area (Å²) in [6.07, 6.45) is 5.04. The Morgan fingerprint density at radius 1 is 1.12 bits per heavy atom. The Bertz CT molecular complexity index is 626. The molecule has 0 bridgehead atoms. The number of rotatable bonds is 3. The third-order valence-electron chi connectivity index (χ3n) is 6.12. The first kappa shape index (κ1) is 15.7. The summed E-state index contributed by atoms with van der Waals surface area (Å²) in [6, 6.07) is 12.5. The van der Waals surface area contributed by atoms with Crippen LogP contribution in [0, 0.1) is 29.1 Å². The molecule has 4 rings (SSSR count). The fraction of sp³-hybridized carbons (Fsp3) is 0.600. The highest BCUT2D eigenvalue weighted by atomic mass is 16.2. The van der Waals surface area contributed by atoms with Crippen molar-refractivity contribution in [3.8, 4) is 6.07 Å². The minimum absolute atomic E-state index is 0.191. The van der Waals surface area contributed by atoms with E-state index in [0.29, 0.717) is 24.3 Å². The summed E-state index contributed by atoms with van der Waals surface area (Å²) in [5.41, 5.74) is 1.23. The standard InChI is InChI=1S/C20H25N3O/c21-12-16-14-23(20(24)19-17-8-4-5-9-18(17)19)11-10-22(16)13-15-6-2-1-3-7-15/h1-3,6-7,16-19H,4-5,8-11,13-14H2/t16-,17-,18-/m1/s1. The average molecular weight is 323 g/mol. The number of amides is 1. The van der Waals surface area contributed by atoms with Crippen LogP contribution in [0.15, 0.2) is 30.3 Å². The lowest BCUT2D eigenvalue weighted by Crippen LogP contribution is -2.54. The van der Waals surface area contributed by atoms with Crippen LogP contribution in [0.2, 0.25) is 0 Å². The Balaban J connectivity index is 1.37. The number of carbonyl (C=O) groups excluding carboxylic acids is 1. The highest BCUT2D eigenvalue weighted by molar-refractivity contribution is 5.82. The van der Waals surface area contributed by atoms with Crippen molar-refractivity contribution in [3.05, 3.63) is 35.9 Å². The maximum absolute atomic E-state index is 12.9. The molecule has 126 valence electrons. The van der Waals surface area contributed by atoms with E-state index in [1.165, 1.54) is 31.2 Å². The van der Waals surface area contributed by atoms with E-state index in [0.717, 1.165) is 19.6 Å². The molecule has 3 aliphatic rings. The van der Waals surface area contributed by atoms with Crippen LogP contribution in [0.4, 0.5) is 0 Å². The van der Waals surface area contributed by atoms with Crippen LogP contribution >= 0.6 is 0 Å². The van der Waals surface area contributed by atoms with Gasteiger partial charge in [0, 0.05) is 32.1 Å². The lowest BCUT2D eigenvalue weighted by atomic mass is 10.0. The SMILES string of the molecule is N#C[C@@H]1CN(C(=O)C2[C@@H]3CCCC[C@@H]23)CCN1Cc1ccccc1. The van der Waals surface area contributed by atoms with E-state index in [1.54, 1.807) is 0 Å². The second-order valence-electron chi connectivity index (χ2n) is 7.52. The highest BCUT2D eigenvalue weighted by Gasteiger charge is 2.56. The molecule has 1 aromatic carbocycles. The molecule has 0 N–H and O–H groups in total. The molecule has 0 spiro atoms. The number of nitrogens with zero attached hydrogens (tertiary/aromatic N) is 3. The summed E-state index contributed by atoms with van der Waals surface area (Å²) in [7, 11) is 0. The van der Waals surface area contributed by atoms with E-state index in [2.05, 4.69) is 23.1 Å². The number of carbonyl (C=O) groups is 1. The second kappa shape index (κ2) is 6.57. The van der Waals surface area contributed by atoms with Gasteiger partial charge >= 0.3 is 0 Å². The predicted octanol–water partition coefficient (Wildman–Crippen LogP) is 2.66. The van der Waals surface area contributed by atoms with E-state index in [1.807, 2.05) is 23.1 Å². The minimum Gasteiger partial charge on any atom is -0.339 e. The first-order valence-electron chi connectivity index (χ1n) is 9.24. The van der Waals surface area contributed by atoms with Crippen molar-refractivity contribution < 1.29 is 4.79 Å². The first-order valence-corrected chi connectivity index (χ1v) is 9.24. The van der Waals surface area contributed by atoms with Gasteiger partial charge < -0.3 is 4.90 Å². The van der Waals surface area contributed by atoms with Crippen LogP contribution in [0.5, 0.6) is 0 Å². The zero-order valence-corrected chi connectivity index (χ0v) is 14.1. The summed E-state index contributed by atoms with van der Waals surface area (Å²) >= 11 is 0. The van der Waals surface area contributed by atoms with Crippen molar-refractivity contribution in [1.29, 1.82) is 5.26 Å². The quantitative estimate of drug-likeness (QED) is 0.859. The molecule has 1 aliphatic heterocycles. The molecule has 0 aromatic heterocycles. The van der Waals surface area contributed by atoms with Crippen molar-refractivity contribution in [2.45, 2.75) is 38.3 Å². The molecule has 2 aliphatic carbocycles. The smallest absolute Gasteiger partial charge is 0.226 e. The molecule has 1 aromatic rings. The summed E-state index contributed by atoms with van der Waals surface area (Å²) < 4.78 is 0. The summed E-state index contributed by atoms with van der Waals surface area (Å²) in [5, 5.41) is 9.57. The summed E-state index contributed by atoms with van der Waals surface area (Å²) in [6.45, 7) is 2.91. The highest BCUT2D eigenvalue weighted by Crippen LogP contribution is 2.56. The second-order valence-corrected chi connectivity index (χ2v) is 7.52. The molecule has 3 fully saturated rings. The number of piperazine rings is 1. The number of nitriles is 1. The van der Waals surface area contributed by atoms with E-state index in [9.17, 15) is 10.1 Å². The van der Waals surface area contributed by atoms with E-state index >= 15 is 0 Å². The fourth-order valence-corrected chi connectivity index (χ4v) is 4.72. The normalized spacial score (nSPS) is 32.7.